The van der Waals surface area contributed by atoms with Gasteiger partial charge in [-0.3, -0.25) is 24.5 Å². The Bertz CT molecular complexity index is 754. The first kappa shape index (κ1) is 21.6. The first-order valence-corrected chi connectivity index (χ1v) is 8.89. The number of nitrogen functional groups attached to an aromatic ring is 1. The molecular weight excluding hydrogens is 403 g/mol. The van der Waals surface area contributed by atoms with Crippen molar-refractivity contribution in [3.8, 4) is 0 Å². The number of thiophene rings is 1. The summed E-state index contributed by atoms with van der Waals surface area (Å²) in [6, 6.07) is 0.439. The smallest absolute Gasteiger partial charge is 0.384 e. The summed E-state index contributed by atoms with van der Waals surface area (Å²) in [5, 5.41) is 13.7. The van der Waals surface area contributed by atoms with Crippen molar-refractivity contribution in [2.75, 3.05) is 13.1 Å². The molecule has 0 bridgehead atoms. The first-order valence-electron chi connectivity index (χ1n) is 8.01. The molecule has 3 amide bonds. The molecule has 2 heterocycles. The van der Waals surface area contributed by atoms with Gasteiger partial charge < -0.3 is 21.3 Å². The average Bonchev–Trinajstić information content (AvgIpc) is 3.23. The van der Waals surface area contributed by atoms with E-state index in [9.17, 15) is 27.6 Å². The summed E-state index contributed by atoms with van der Waals surface area (Å²) in [7, 11) is 0. The molecule has 2 unspecified atom stereocenters. The van der Waals surface area contributed by atoms with Crippen molar-refractivity contribution in [3.05, 3.63) is 21.9 Å². The molecule has 0 spiro atoms. The van der Waals surface area contributed by atoms with E-state index in [1.807, 2.05) is 0 Å². The van der Waals surface area contributed by atoms with Crippen LogP contribution in [-0.2, 0) is 25.7 Å². The van der Waals surface area contributed by atoms with Crippen LogP contribution in [0.2, 0.25) is 0 Å². The van der Waals surface area contributed by atoms with Crippen LogP contribution in [0.4, 0.5) is 13.2 Å². The summed E-state index contributed by atoms with van der Waals surface area (Å²) in [5.41, 5.74) is 5.85. The quantitative estimate of drug-likeness (QED) is 0.264. The van der Waals surface area contributed by atoms with Gasteiger partial charge in [-0.25, -0.2) is 0 Å². The lowest BCUT2D eigenvalue weighted by Crippen LogP contribution is -2.48. The number of hydrogen-bond acceptors (Lipinski definition) is 6. The number of carbonyl (C=O) groups excluding carboxylic acids is 3. The zero-order chi connectivity index (χ0) is 20.9. The number of alkyl halides is 3. The number of nitrogens with two attached hydrogens (primary N) is 1. The van der Waals surface area contributed by atoms with Crippen LogP contribution in [0.3, 0.4) is 0 Å². The lowest BCUT2D eigenvalue weighted by atomic mass is 10.2. The summed E-state index contributed by atoms with van der Waals surface area (Å²) < 4.78 is 41.4. The van der Waals surface area contributed by atoms with Crippen LogP contribution in [0, 0.1) is 5.41 Å². The Balaban J connectivity index is 2.03. The van der Waals surface area contributed by atoms with Gasteiger partial charge in [-0.05, 0) is 6.07 Å². The monoisotopic (exact) mass is 421 g/mol. The molecule has 0 aliphatic carbocycles. The van der Waals surface area contributed by atoms with Crippen LogP contribution in [0.25, 0.3) is 0 Å². The van der Waals surface area contributed by atoms with Crippen molar-refractivity contribution >= 4 is 35.4 Å². The van der Waals surface area contributed by atoms with Crippen LogP contribution in [0.5, 0.6) is 0 Å². The molecule has 9 nitrogen and oxygen atoms in total. The van der Waals surface area contributed by atoms with E-state index in [0.29, 0.717) is 10.4 Å². The van der Waals surface area contributed by atoms with E-state index in [2.05, 4.69) is 15.4 Å². The second-order valence-electron chi connectivity index (χ2n) is 5.92. The molecule has 1 aromatic rings. The Hall–Kier alpha value is -2.67. The van der Waals surface area contributed by atoms with Crippen molar-refractivity contribution in [2.24, 2.45) is 5.73 Å². The Morgan fingerprint density at radius 3 is 2.75 bits per heavy atom. The Labute approximate surface area is 161 Å². The molecule has 0 radical (unpaired) electrons. The molecule has 1 saturated heterocycles. The maximum Gasteiger partial charge on any atom is 0.522 e. The van der Waals surface area contributed by atoms with Gasteiger partial charge in [-0.1, -0.05) is 0 Å². The average molecular weight is 421 g/mol. The molecule has 1 aliphatic heterocycles. The predicted molar refractivity (Wildman–Crippen MR) is 92.3 cm³/mol. The van der Waals surface area contributed by atoms with Gasteiger partial charge in [0.1, 0.15) is 11.9 Å². The zero-order valence-electron chi connectivity index (χ0n) is 14.4. The maximum absolute atomic E-state index is 12.5. The maximum atomic E-state index is 12.5. The number of likely N-dealkylation sites (tertiary alicyclic amines) is 1. The number of halogens is 3. The van der Waals surface area contributed by atoms with Gasteiger partial charge in [0.25, 0.3) is 0 Å². The number of ether oxygens (including phenoxy) is 1. The first-order chi connectivity index (χ1) is 13.1. The number of amides is 3. The summed E-state index contributed by atoms with van der Waals surface area (Å²) in [6.45, 7) is -0.809. The van der Waals surface area contributed by atoms with Crippen LogP contribution in [0.15, 0.2) is 11.4 Å². The van der Waals surface area contributed by atoms with Gasteiger partial charge in [0.15, 0.2) is 0 Å². The number of rotatable bonds is 8. The SMILES string of the molecule is N=C(N)c1csc(CNC(=O)C2CC(OC(F)(F)F)CN2C(=O)CNC=O)c1. The predicted octanol–water partition coefficient (Wildman–Crippen LogP) is -0.0997. The molecule has 2 rings (SSSR count). The lowest BCUT2D eigenvalue weighted by molar-refractivity contribution is -0.340. The van der Waals surface area contributed by atoms with Crippen molar-refractivity contribution in [3.63, 3.8) is 0 Å². The highest BCUT2D eigenvalue weighted by atomic mass is 32.1. The molecule has 2 atom stereocenters. The highest BCUT2D eigenvalue weighted by Gasteiger charge is 2.44. The van der Waals surface area contributed by atoms with E-state index in [1.165, 1.54) is 11.3 Å². The van der Waals surface area contributed by atoms with Crippen LogP contribution in [-0.4, -0.2) is 60.6 Å². The van der Waals surface area contributed by atoms with Gasteiger partial charge >= 0.3 is 6.36 Å². The summed E-state index contributed by atoms with van der Waals surface area (Å²) >= 11 is 1.25. The van der Waals surface area contributed by atoms with Crippen LogP contribution in [0.1, 0.15) is 16.9 Å². The third-order valence-corrected chi connectivity index (χ3v) is 4.86. The third kappa shape index (κ3) is 5.92. The molecule has 5 N–H and O–H groups in total. The normalized spacial score (nSPS) is 19.3. The third-order valence-electron chi connectivity index (χ3n) is 3.92. The number of amidine groups is 1. The summed E-state index contributed by atoms with van der Waals surface area (Å²) in [4.78, 5) is 36.6. The van der Waals surface area contributed by atoms with Gasteiger partial charge in [0, 0.05) is 28.8 Å². The molecular formula is C15H18F3N5O4S. The van der Waals surface area contributed by atoms with E-state index in [1.54, 1.807) is 11.4 Å². The van der Waals surface area contributed by atoms with Crippen molar-refractivity contribution in [1.82, 2.24) is 15.5 Å². The minimum atomic E-state index is -4.90. The van der Waals surface area contributed by atoms with Gasteiger partial charge in [-0.2, -0.15) is 0 Å². The molecule has 28 heavy (non-hydrogen) atoms. The fraction of sp³-hybridized carbons (Fsp3) is 0.467. The highest BCUT2D eigenvalue weighted by molar-refractivity contribution is 7.10. The molecule has 154 valence electrons. The molecule has 1 aromatic heterocycles. The molecule has 0 saturated carbocycles. The van der Waals surface area contributed by atoms with Crippen molar-refractivity contribution in [1.29, 1.82) is 5.41 Å². The van der Waals surface area contributed by atoms with Crippen LogP contribution >= 0.6 is 11.3 Å². The Kier molecular flexibility index (Phi) is 6.96. The molecule has 1 aliphatic rings. The number of nitrogens with one attached hydrogen (secondary N) is 3. The lowest BCUT2D eigenvalue weighted by Gasteiger charge is -2.23. The van der Waals surface area contributed by atoms with Crippen molar-refractivity contribution in [2.45, 2.75) is 31.5 Å². The van der Waals surface area contributed by atoms with E-state index < -0.39 is 43.4 Å². The van der Waals surface area contributed by atoms with Gasteiger partial charge in [0.2, 0.25) is 18.2 Å². The standard InChI is InChI=1S/C15H18F3N5O4S/c16-15(17,18)27-9-2-11(23(5-9)12(25)4-21-7-24)14(26)22-3-10-1-8(6-28-10)13(19)20/h1,6-7,9,11H,2-5H2,(H3,19,20)(H,21,24)(H,22,26). The molecule has 1 fully saturated rings. The number of hydrogen-bond donors (Lipinski definition) is 4. The van der Waals surface area contributed by atoms with Crippen molar-refractivity contribution < 1.29 is 32.3 Å². The number of carbonyl (C=O) groups is 3. The van der Waals surface area contributed by atoms with Gasteiger partial charge in [0.05, 0.1) is 19.2 Å². The van der Waals surface area contributed by atoms with E-state index in [0.717, 1.165) is 4.90 Å². The molecule has 13 heteroatoms. The van der Waals surface area contributed by atoms with E-state index >= 15 is 0 Å². The number of nitrogens with zero attached hydrogens (tertiary/aromatic N) is 1. The highest BCUT2D eigenvalue weighted by Crippen LogP contribution is 2.27. The zero-order valence-corrected chi connectivity index (χ0v) is 15.2. The summed E-state index contributed by atoms with van der Waals surface area (Å²) in [6.07, 6.45) is -6.34. The fourth-order valence-electron chi connectivity index (χ4n) is 2.73. The second-order valence-corrected chi connectivity index (χ2v) is 6.91. The fourth-order valence-corrected chi connectivity index (χ4v) is 3.56. The molecule has 0 aromatic carbocycles. The minimum Gasteiger partial charge on any atom is -0.384 e. The second kappa shape index (κ2) is 9.01. The Morgan fingerprint density at radius 2 is 2.18 bits per heavy atom. The largest absolute Gasteiger partial charge is 0.522 e. The Morgan fingerprint density at radius 1 is 1.46 bits per heavy atom. The van der Waals surface area contributed by atoms with E-state index in [-0.39, 0.29) is 25.2 Å². The topological polar surface area (TPSA) is 138 Å². The summed E-state index contributed by atoms with van der Waals surface area (Å²) in [5.74, 6) is -1.47. The van der Waals surface area contributed by atoms with E-state index in [4.69, 9.17) is 11.1 Å². The van der Waals surface area contributed by atoms with Gasteiger partial charge in [-0.15, -0.1) is 24.5 Å². The minimum absolute atomic E-state index is 0.0622. The van der Waals surface area contributed by atoms with Crippen LogP contribution < -0.4 is 16.4 Å².